The van der Waals surface area contributed by atoms with E-state index in [-0.39, 0.29) is 6.04 Å². The van der Waals surface area contributed by atoms with Gasteiger partial charge in [0.25, 0.3) is 6.02 Å². The molecule has 0 unspecified atom stereocenters. The Morgan fingerprint density at radius 1 is 1.37 bits per heavy atom. The van der Waals surface area contributed by atoms with Crippen LogP contribution >= 0.6 is 0 Å². The number of anilines is 1. The smallest absolute Gasteiger partial charge is 0.282 e. The zero-order valence-electron chi connectivity index (χ0n) is 11.4. The summed E-state index contributed by atoms with van der Waals surface area (Å²) in [6.45, 7) is 4.63. The maximum Gasteiger partial charge on any atom is 0.282 e. The number of aryl methyl sites for hydroxylation is 2. The summed E-state index contributed by atoms with van der Waals surface area (Å²) in [6.07, 6.45) is 3.75. The molecular formula is C15H21N3O. The maximum atomic E-state index is 5.56. The fourth-order valence-electron chi connectivity index (χ4n) is 2.96. The molecule has 1 heterocycles. The van der Waals surface area contributed by atoms with Crippen molar-refractivity contribution >= 4 is 11.7 Å². The topological polar surface area (TPSA) is 50.9 Å². The lowest BCUT2D eigenvalue weighted by atomic mass is 10.1. The number of fused-ring (bicyclic) bond motifs is 1. The van der Waals surface area contributed by atoms with E-state index in [4.69, 9.17) is 10.5 Å². The Labute approximate surface area is 114 Å². The average Bonchev–Trinajstić information content (AvgIpc) is 3.03. The van der Waals surface area contributed by atoms with Gasteiger partial charge in [-0.25, -0.2) is 4.99 Å². The molecule has 102 valence electrons. The zero-order chi connectivity index (χ0) is 13.2. The highest BCUT2D eigenvalue weighted by Crippen LogP contribution is 2.27. The number of hydrogen-bond acceptors (Lipinski definition) is 4. The quantitative estimate of drug-likeness (QED) is 0.895. The van der Waals surface area contributed by atoms with Crippen molar-refractivity contribution in [3.05, 3.63) is 29.3 Å². The van der Waals surface area contributed by atoms with Gasteiger partial charge in [-0.15, -0.1) is 0 Å². The van der Waals surface area contributed by atoms with Crippen LogP contribution in [0.25, 0.3) is 0 Å². The van der Waals surface area contributed by atoms with Gasteiger partial charge in [-0.1, -0.05) is 6.07 Å². The van der Waals surface area contributed by atoms with Crippen LogP contribution in [0.2, 0.25) is 0 Å². The fourth-order valence-corrected chi connectivity index (χ4v) is 2.96. The minimum atomic E-state index is 0.160. The first-order valence-corrected chi connectivity index (χ1v) is 7.09. The number of likely N-dealkylation sites (N-methyl/N-ethyl adjacent to an activating group) is 1. The third-order valence-corrected chi connectivity index (χ3v) is 3.99. The van der Waals surface area contributed by atoms with Crippen molar-refractivity contribution in [2.75, 3.05) is 24.6 Å². The average molecular weight is 259 g/mol. The van der Waals surface area contributed by atoms with Gasteiger partial charge in [0.05, 0.1) is 0 Å². The first-order chi connectivity index (χ1) is 9.26. The standard InChI is InChI=1S/C15H21N3O/c1-2-18(9-13-10-19-15(16)17-13)14-7-6-11-4-3-5-12(11)8-14/h6-8,13H,2-5,9-10H2,1H3,(H2,16,17)/t13-/m0/s1. The number of rotatable bonds is 4. The molecule has 0 fully saturated rings. The minimum absolute atomic E-state index is 0.160. The van der Waals surface area contributed by atoms with Crippen LogP contribution in [0.5, 0.6) is 0 Å². The SMILES string of the molecule is CCN(C[C@H]1COC(N)=N1)c1ccc2c(c1)CCC2. The highest BCUT2D eigenvalue weighted by atomic mass is 16.5. The van der Waals surface area contributed by atoms with Crippen LogP contribution in [0, 0.1) is 0 Å². The molecule has 1 atom stereocenters. The van der Waals surface area contributed by atoms with E-state index < -0.39 is 0 Å². The van der Waals surface area contributed by atoms with Crippen LogP contribution < -0.4 is 10.6 Å². The summed E-state index contributed by atoms with van der Waals surface area (Å²) in [7, 11) is 0. The minimum Gasteiger partial charge on any atom is -0.463 e. The zero-order valence-corrected chi connectivity index (χ0v) is 11.4. The third-order valence-electron chi connectivity index (χ3n) is 3.99. The summed E-state index contributed by atoms with van der Waals surface area (Å²) in [5.74, 6) is 0. The van der Waals surface area contributed by atoms with Crippen LogP contribution in [0.15, 0.2) is 23.2 Å². The van der Waals surface area contributed by atoms with E-state index in [2.05, 4.69) is 35.0 Å². The molecule has 1 aromatic rings. The molecule has 0 saturated heterocycles. The number of nitrogens with zero attached hydrogens (tertiary/aromatic N) is 2. The van der Waals surface area contributed by atoms with Crippen LogP contribution in [-0.4, -0.2) is 31.8 Å². The van der Waals surface area contributed by atoms with Crippen LogP contribution in [-0.2, 0) is 17.6 Å². The molecule has 2 N–H and O–H groups in total. The molecule has 0 amide bonds. The van der Waals surface area contributed by atoms with Gasteiger partial charge in [0, 0.05) is 18.8 Å². The second-order valence-electron chi connectivity index (χ2n) is 5.28. The van der Waals surface area contributed by atoms with E-state index in [9.17, 15) is 0 Å². The highest BCUT2D eigenvalue weighted by molar-refractivity contribution is 5.73. The number of benzene rings is 1. The summed E-state index contributed by atoms with van der Waals surface area (Å²) in [5, 5.41) is 0. The molecule has 0 aromatic heterocycles. The van der Waals surface area contributed by atoms with Crippen molar-refractivity contribution in [1.82, 2.24) is 0 Å². The summed E-state index contributed by atoms with van der Waals surface area (Å²) < 4.78 is 5.22. The second-order valence-corrected chi connectivity index (χ2v) is 5.28. The monoisotopic (exact) mass is 259 g/mol. The predicted octanol–water partition coefficient (Wildman–Crippen LogP) is 1.72. The summed E-state index contributed by atoms with van der Waals surface area (Å²) in [5.41, 5.74) is 9.89. The molecule has 2 aliphatic rings. The van der Waals surface area contributed by atoms with Gasteiger partial charge in [-0.2, -0.15) is 0 Å². The normalized spacial score (nSPS) is 20.9. The van der Waals surface area contributed by atoms with Crippen molar-refractivity contribution in [3.63, 3.8) is 0 Å². The molecule has 4 nitrogen and oxygen atoms in total. The lowest BCUT2D eigenvalue weighted by Crippen LogP contribution is -2.32. The molecule has 0 spiro atoms. The van der Waals surface area contributed by atoms with E-state index in [1.165, 1.54) is 36.1 Å². The molecule has 1 aromatic carbocycles. The third kappa shape index (κ3) is 2.53. The first kappa shape index (κ1) is 12.3. The van der Waals surface area contributed by atoms with Gasteiger partial charge in [0.1, 0.15) is 12.6 Å². The summed E-state index contributed by atoms with van der Waals surface area (Å²) in [6, 6.07) is 7.34. The van der Waals surface area contributed by atoms with Gasteiger partial charge in [0.15, 0.2) is 0 Å². The Morgan fingerprint density at radius 3 is 2.95 bits per heavy atom. The molecule has 3 rings (SSSR count). The van der Waals surface area contributed by atoms with Crippen molar-refractivity contribution in [1.29, 1.82) is 0 Å². The van der Waals surface area contributed by atoms with E-state index in [0.717, 1.165) is 13.1 Å². The second kappa shape index (κ2) is 5.11. The molecule has 19 heavy (non-hydrogen) atoms. The number of hydrogen-bond donors (Lipinski definition) is 1. The van der Waals surface area contributed by atoms with Crippen molar-refractivity contribution in [3.8, 4) is 0 Å². The molecule has 1 aliphatic heterocycles. The van der Waals surface area contributed by atoms with Gasteiger partial charge in [0.2, 0.25) is 0 Å². The van der Waals surface area contributed by atoms with E-state index in [0.29, 0.717) is 12.6 Å². The Balaban J connectivity index is 1.75. The molecule has 0 radical (unpaired) electrons. The Hall–Kier alpha value is -1.71. The largest absolute Gasteiger partial charge is 0.463 e. The first-order valence-electron chi connectivity index (χ1n) is 7.09. The van der Waals surface area contributed by atoms with Gasteiger partial charge < -0.3 is 15.4 Å². The lowest BCUT2D eigenvalue weighted by molar-refractivity contribution is 0.313. The van der Waals surface area contributed by atoms with Crippen molar-refractivity contribution < 1.29 is 4.74 Å². The molecule has 0 saturated carbocycles. The van der Waals surface area contributed by atoms with Crippen LogP contribution in [0.1, 0.15) is 24.5 Å². The van der Waals surface area contributed by atoms with Crippen molar-refractivity contribution in [2.45, 2.75) is 32.2 Å². The van der Waals surface area contributed by atoms with Crippen LogP contribution in [0.3, 0.4) is 0 Å². The number of ether oxygens (including phenoxy) is 1. The summed E-state index contributed by atoms with van der Waals surface area (Å²) in [4.78, 5) is 6.66. The summed E-state index contributed by atoms with van der Waals surface area (Å²) >= 11 is 0. The van der Waals surface area contributed by atoms with E-state index in [1.807, 2.05) is 0 Å². The predicted molar refractivity (Wildman–Crippen MR) is 77.7 cm³/mol. The number of nitrogens with two attached hydrogens (primary N) is 1. The van der Waals surface area contributed by atoms with Gasteiger partial charge in [-0.05, 0) is 49.4 Å². The lowest BCUT2D eigenvalue weighted by Gasteiger charge is -2.25. The molecule has 4 heteroatoms. The highest BCUT2D eigenvalue weighted by Gasteiger charge is 2.20. The Kier molecular flexibility index (Phi) is 3.32. The van der Waals surface area contributed by atoms with E-state index in [1.54, 1.807) is 0 Å². The molecular weight excluding hydrogens is 238 g/mol. The maximum absolute atomic E-state index is 5.56. The fraction of sp³-hybridized carbons (Fsp3) is 0.533. The van der Waals surface area contributed by atoms with Crippen molar-refractivity contribution in [2.24, 2.45) is 10.7 Å². The van der Waals surface area contributed by atoms with E-state index >= 15 is 0 Å². The Morgan fingerprint density at radius 2 is 2.21 bits per heavy atom. The van der Waals surface area contributed by atoms with Gasteiger partial charge >= 0.3 is 0 Å². The van der Waals surface area contributed by atoms with Crippen LogP contribution in [0.4, 0.5) is 5.69 Å². The van der Waals surface area contributed by atoms with Gasteiger partial charge in [-0.3, -0.25) is 0 Å². The molecule has 1 aliphatic carbocycles. The number of amidine groups is 1. The molecule has 0 bridgehead atoms. The number of aliphatic imine (C=N–C) groups is 1. The Bertz CT molecular complexity index is 498.